The van der Waals surface area contributed by atoms with Gasteiger partial charge in [0.1, 0.15) is 18.2 Å². The SMILES string of the molecule is C[C@H]1Cc2c(ccc([C@H]3CN4CCN(C(=O)C5CCc6nc(-n7cnnn7)ccc65)C[C@@H]4CO3)c2F)C(=O)O1. The summed E-state index contributed by atoms with van der Waals surface area (Å²) >= 11 is 0. The summed E-state index contributed by atoms with van der Waals surface area (Å²) in [5, 5.41) is 11.2. The Morgan fingerprint density at radius 1 is 1.13 bits per heavy atom. The summed E-state index contributed by atoms with van der Waals surface area (Å²) in [5.41, 5.74) is 3.07. The number of nitrogens with zero attached hydrogens (tertiary/aromatic N) is 7. The normalized spacial score (nSPS) is 26.5. The first-order valence-corrected chi connectivity index (χ1v) is 13.4. The fourth-order valence-corrected chi connectivity index (χ4v) is 6.35. The fraction of sp³-hybridized carbons (Fsp3) is 0.481. The number of hydrogen-bond acceptors (Lipinski definition) is 9. The summed E-state index contributed by atoms with van der Waals surface area (Å²) in [6, 6.07) is 7.15. The van der Waals surface area contributed by atoms with Gasteiger partial charge >= 0.3 is 5.97 Å². The maximum atomic E-state index is 15.5. The molecule has 3 aromatic rings. The highest BCUT2D eigenvalue weighted by Gasteiger charge is 2.40. The van der Waals surface area contributed by atoms with Crippen LogP contribution in [0.4, 0.5) is 4.39 Å². The van der Waals surface area contributed by atoms with Crippen molar-refractivity contribution in [2.45, 2.75) is 50.4 Å². The molecule has 0 N–H and O–H groups in total. The van der Waals surface area contributed by atoms with Crippen LogP contribution in [0.3, 0.4) is 0 Å². The average molecular weight is 534 g/mol. The molecule has 5 heterocycles. The molecule has 1 aliphatic carbocycles. The maximum Gasteiger partial charge on any atom is 0.338 e. The van der Waals surface area contributed by atoms with Crippen LogP contribution in [0.25, 0.3) is 5.82 Å². The number of amides is 1. The Labute approximate surface area is 223 Å². The zero-order valence-corrected chi connectivity index (χ0v) is 21.5. The minimum atomic E-state index is -0.478. The molecule has 0 saturated carbocycles. The molecule has 0 spiro atoms. The molecule has 12 heteroatoms. The highest BCUT2D eigenvalue weighted by atomic mass is 19.1. The van der Waals surface area contributed by atoms with Gasteiger partial charge in [0.25, 0.3) is 0 Å². The Balaban J connectivity index is 1.02. The van der Waals surface area contributed by atoms with Crippen LogP contribution >= 0.6 is 0 Å². The molecule has 4 atom stereocenters. The number of carbonyl (C=O) groups is 2. The van der Waals surface area contributed by atoms with Crippen LogP contribution in [0, 0.1) is 5.82 Å². The zero-order chi connectivity index (χ0) is 26.7. The number of aromatic nitrogens is 5. The highest BCUT2D eigenvalue weighted by Crippen LogP contribution is 2.36. The van der Waals surface area contributed by atoms with Crippen LogP contribution in [0.5, 0.6) is 0 Å². The van der Waals surface area contributed by atoms with Gasteiger partial charge in [0.15, 0.2) is 5.82 Å². The number of cyclic esters (lactones) is 1. The molecule has 202 valence electrons. The first-order valence-electron chi connectivity index (χ1n) is 13.4. The summed E-state index contributed by atoms with van der Waals surface area (Å²) in [6.45, 7) is 4.59. The number of esters is 1. The number of halogens is 1. The highest BCUT2D eigenvalue weighted by molar-refractivity contribution is 5.92. The molecule has 1 amide bonds. The predicted octanol–water partition coefficient (Wildman–Crippen LogP) is 1.61. The van der Waals surface area contributed by atoms with Crippen LogP contribution in [0.15, 0.2) is 30.6 Å². The van der Waals surface area contributed by atoms with Crippen molar-refractivity contribution in [1.29, 1.82) is 0 Å². The van der Waals surface area contributed by atoms with E-state index in [9.17, 15) is 9.59 Å². The van der Waals surface area contributed by atoms with Crippen molar-refractivity contribution in [2.75, 3.05) is 32.8 Å². The van der Waals surface area contributed by atoms with Crippen molar-refractivity contribution in [3.05, 3.63) is 64.4 Å². The van der Waals surface area contributed by atoms with E-state index in [1.807, 2.05) is 17.0 Å². The van der Waals surface area contributed by atoms with Crippen molar-refractivity contribution < 1.29 is 23.5 Å². The van der Waals surface area contributed by atoms with E-state index in [4.69, 9.17) is 9.47 Å². The molecule has 2 aromatic heterocycles. The molecule has 1 unspecified atom stereocenters. The summed E-state index contributed by atoms with van der Waals surface area (Å²) in [4.78, 5) is 34.7. The van der Waals surface area contributed by atoms with Crippen molar-refractivity contribution in [3.8, 4) is 5.82 Å². The minimum Gasteiger partial charge on any atom is -0.459 e. The lowest BCUT2D eigenvalue weighted by atomic mass is 9.93. The number of morpholine rings is 1. The van der Waals surface area contributed by atoms with E-state index >= 15 is 4.39 Å². The molecule has 0 bridgehead atoms. The van der Waals surface area contributed by atoms with Crippen LogP contribution in [-0.4, -0.2) is 91.8 Å². The smallest absolute Gasteiger partial charge is 0.338 e. The largest absolute Gasteiger partial charge is 0.459 e. The van der Waals surface area contributed by atoms with E-state index in [1.54, 1.807) is 19.1 Å². The first-order chi connectivity index (χ1) is 19.0. The molecule has 4 aliphatic rings. The van der Waals surface area contributed by atoms with Crippen LogP contribution in [-0.2, 0) is 27.1 Å². The van der Waals surface area contributed by atoms with Crippen molar-refractivity contribution in [1.82, 2.24) is 35.0 Å². The standard InChI is InChI=1S/C27H28FN7O4/c1-15-10-21-19(27(37)39-15)2-3-20(25(21)28)23-12-33-8-9-34(11-16(33)13-38-23)26(36)18-4-6-22-17(18)5-7-24(30-22)35-14-29-31-32-35/h2-3,5,7,14-16,18,23H,4,6,8-13H2,1H3/t15-,16+,18?,23+/m0/s1. The molecular weight excluding hydrogens is 505 g/mol. The van der Waals surface area contributed by atoms with E-state index in [1.165, 1.54) is 11.0 Å². The number of tetrazole rings is 1. The Kier molecular flexibility index (Phi) is 5.89. The van der Waals surface area contributed by atoms with Crippen molar-refractivity contribution >= 4 is 11.9 Å². The van der Waals surface area contributed by atoms with E-state index in [0.717, 1.165) is 24.1 Å². The van der Waals surface area contributed by atoms with Gasteiger partial charge in [-0.15, -0.1) is 5.10 Å². The number of hydrogen-bond donors (Lipinski definition) is 0. The first kappa shape index (κ1) is 24.3. The number of carbonyl (C=O) groups excluding carboxylic acids is 2. The summed E-state index contributed by atoms with van der Waals surface area (Å²) in [6.07, 6.45) is 2.54. The molecule has 0 radical (unpaired) electrons. The molecule has 2 saturated heterocycles. The van der Waals surface area contributed by atoms with Crippen LogP contribution in [0.1, 0.15) is 58.1 Å². The Hall–Kier alpha value is -3.77. The molecule has 7 rings (SSSR count). The van der Waals surface area contributed by atoms with E-state index in [2.05, 4.69) is 25.4 Å². The number of ether oxygens (including phenoxy) is 2. The predicted molar refractivity (Wildman–Crippen MR) is 134 cm³/mol. The molecule has 2 fully saturated rings. The van der Waals surface area contributed by atoms with Gasteiger partial charge in [-0.3, -0.25) is 9.69 Å². The van der Waals surface area contributed by atoms with Gasteiger partial charge in [-0.25, -0.2) is 14.2 Å². The summed E-state index contributed by atoms with van der Waals surface area (Å²) in [5.74, 6) is -0.301. The van der Waals surface area contributed by atoms with Gasteiger partial charge in [-0.05, 0) is 47.9 Å². The van der Waals surface area contributed by atoms with E-state index < -0.39 is 12.1 Å². The molecule has 11 nitrogen and oxygen atoms in total. The maximum absolute atomic E-state index is 15.5. The van der Waals surface area contributed by atoms with Gasteiger partial charge in [-0.1, -0.05) is 12.1 Å². The van der Waals surface area contributed by atoms with Gasteiger partial charge in [-0.2, -0.15) is 4.68 Å². The lowest BCUT2D eigenvalue weighted by molar-refractivity contribution is -0.141. The fourth-order valence-electron chi connectivity index (χ4n) is 6.35. The molecular formula is C27H28FN7O4. The van der Waals surface area contributed by atoms with Crippen LogP contribution < -0.4 is 0 Å². The molecule has 1 aromatic carbocycles. The van der Waals surface area contributed by atoms with Crippen LogP contribution in [0.2, 0.25) is 0 Å². The van der Waals surface area contributed by atoms with Gasteiger partial charge < -0.3 is 14.4 Å². The second kappa shape index (κ2) is 9.45. The number of aryl methyl sites for hydroxylation is 1. The zero-order valence-electron chi connectivity index (χ0n) is 21.5. The summed E-state index contributed by atoms with van der Waals surface area (Å²) < 4.78 is 28.4. The Morgan fingerprint density at radius 3 is 2.85 bits per heavy atom. The number of pyridine rings is 1. The van der Waals surface area contributed by atoms with Crippen molar-refractivity contribution in [2.24, 2.45) is 0 Å². The lowest BCUT2D eigenvalue weighted by Crippen LogP contribution is -2.60. The number of fused-ring (bicyclic) bond motifs is 3. The second-order valence-electron chi connectivity index (χ2n) is 10.7. The topological polar surface area (TPSA) is 116 Å². The van der Waals surface area contributed by atoms with Gasteiger partial charge in [0.2, 0.25) is 5.91 Å². The van der Waals surface area contributed by atoms with E-state index in [0.29, 0.717) is 61.7 Å². The van der Waals surface area contributed by atoms with Crippen molar-refractivity contribution in [3.63, 3.8) is 0 Å². The number of benzene rings is 1. The quantitative estimate of drug-likeness (QED) is 0.463. The van der Waals surface area contributed by atoms with Gasteiger partial charge in [0, 0.05) is 49.4 Å². The lowest BCUT2D eigenvalue weighted by Gasteiger charge is -2.46. The monoisotopic (exact) mass is 533 g/mol. The van der Waals surface area contributed by atoms with E-state index in [-0.39, 0.29) is 29.8 Å². The molecule has 3 aliphatic heterocycles. The minimum absolute atomic E-state index is 0.0517. The summed E-state index contributed by atoms with van der Waals surface area (Å²) in [7, 11) is 0. The number of piperazine rings is 1. The third kappa shape index (κ3) is 4.18. The average Bonchev–Trinajstić information content (AvgIpc) is 3.63. The Morgan fingerprint density at radius 2 is 2.00 bits per heavy atom. The molecule has 39 heavy (non-hydrogen) atoms. The van der Waals surface area contributed by atoms with Gasteiger partial charge in [0.05, 0.1) is 30.2 Å². The number of rotatable bonds is 3. The third-order valence-electron chi connectivity index (χ3n) is 8.37. The third-order valence-corrected chi connectivity index (χ3v) is 8.37. The second-order valence-corrected chi connectivity index (χ2v) is 10.7. The Bertz CT molecular complexity index is 1450.